The van der Waals surface area contributed by atoms with Crippen LogP contribution in [0.25, 0.3) is 5.69 Å². The monoisotopic (exact) mass is 359 g/mol. The molecule has 0 saturated carbocycles. The van der Waals surface area contributed by atoms with Crippen LogP contribution in [-0.2, 0) is 0 Å². The van der Waals surface area contributed by atoms with Gasteiger partial charge in [-0.1, -0.05) is 16.8 Å². The minimum Gasteiger partial charge on any atom is -0.494 e. The first kappa shape index (κ1) is 17.0. The van der Waals surface area contributed by atoms with Crippen LogP contribution in [0.5, 0.6) is 5.75 Å². The number of halogens is 1. The molecular formula is C16H18ClN7O. The Morgan fingerprint density at radius 1 is 1.16 bits per heavy atom. The summed E-state index contributed by atoms with van der Waals surface area (Å²) in [4.78, 5) is 8.76. The van der Waals surface area contributed by atoms with Crippen LogP contribution in [-0.4, -0.2) is 39.1 Å². The van der Waals surface area contributed by atoms with Gasteiger partial charge < -0.3 is 15.4 Å². The largest absolute Gasteiger partial charge is 0.494 e. The van der Waals surface area contributed by atoms with Crippen LogP contribution in [0.15, 0.2) is 24.4 Å². The molecule has 9 heteroatoms. The van der Waals surface area contributed by atoms with Crippen LogP contribution < -0.4 is 15.4 Å². The second-order valence-corrected chi connectivity index (χ2v) is 5.75. The molecule has 130 valence electrons. The maximum absolute atomic E-state index is 6.60. The normalized spacial score (nSPS) is 10.6. The Kier molecular flexibility index (Phi) is 4.71. The van der Waals surface area contributed by atoms with Crippen LogP contribution >= 0.6 is 11.6 Å². The molecule has 8 nitrogen and oxygen atoms in total. The number of rotatable bonds is 5. The van der Waals surface area contributed by atoms with E-state index in [1.54, 1.807) is 37.2 Å². The van der Waals surface area contributed by atoms with Gasteiger partial charge in [0.25, 0.3) is 0 Å². The highest BCUT2D eigenvalue weighted by molar-refractivity contribution is 6.35. The summed E-state index contributed by atoms with van der Waals surface area (Å²) in [6, 6.07) is 5.46. The maximum atomic E-state index is 6.60. The highest BCUT2D eigenvalue weighted by atomic mass is 35.5. The van der Waals surface area contributed by atoms with Crippen molar-refractivity contribution >= 4 is 29.1 Å². The molecule has 0 aliphatic rings. The molecule has 0 fully saturated rings. The van der Waals surface area contributed by atoms with Gasteiger partial charge in [-0.05, 0) is 26.0 Å². The number of methoxy groups -OCH3 is 1. The number of anilines is 3. The van der Waals surface area contributed by atoms with E-state index in [-0.39, 0.29) is 0 Å². The highest BCUT2D eigenvalue weighted by Gasteiger charge is 2.17. The van der Waals surface area contributed by atoms with Gasteiger partial charge >= 0.3 is 0 Å². The lowest BCUT2D eigenvalue weighted by Gasteiger charge is -2.14. The quantitative estimate of drug-likeness (QED) is 0.723. The predicted octanol–water partition coefficient (Wildman–Crippen LogP) is 3.12. The molecule has 2 heterocycles. The molecule has 2 N–H and O–H groups in total. The van der Waals surface area contributed by atoms with Crippen molar-refractivity contribution in [3.63, 3.8) is 0 Å². The Labute approximate surface area is 150 Å². The molecule has 3 aromatic rings. The van der Waals surface area contributed by atoms with E-state index in [9.17, 15) is 0 Å². The summed E-state index contributed by atoms with van der Waals surface area (Å²) in [5.74, 6) is 1.74. The van der Waals surface area contributed by atoms with Crippen molar-refractivity contribution in [1.29, 1.82) is 0 Å². The number of benzene rings is 1. The fourth-order valence-corrected chi connectivity index (χ4v) is 2.64. The van der Waals surface area contributed by atoms with Crippen LogP contribution in [0, 0.1) is 13.8 Å². The summed E-state index contributed by atoms with van der Waals surface area (Å²) < 4.78 is 6.99. The van der Waals surface area contributed by atoms with Crippen LogP contribution in [0.4, 0.5) is 17.5 Å². The lowest BCUT2D eigenvalue weighted by atomic mass is 10.2. The van der Waals surface area contributed by atoms with Crippen molar-refractivity contribution in [2.75, 3.05) is 24.8 Å². The van der Waals surface area contributed by atoms with E-state index in [2.05, 4.69) is 30.9 Å². The smallest absolute Gasteiger partial charge is 0.229 e. The minimum absolute atomic E-state index is 0.431. The van der Waals surface area contributed by atoms with Gasteiger partial charge in [0.2, 0.25) is 5.95 Å². The fourth-order valence-electron chi connectivity index (χ4n) is 2.35. The van der Waals surface area contributed by atoms with Gasteiger partial charge in [0.05, 0.1) is 29.7 Å². The predicted molar refractivity (Wildman–Crippen MR) is 97.3 cm³/mol. The zero-order valence-corrected chi connectivity index (χ0v) is 15.1. The first-order valence-corrected chi connectivity index (χ1v) is 7.96. The van der Waals surface area contributed by atoms with Crippen molar-refractivity contribution in [3.05, 3.63) is 40.8 Å². The van der Waals surface area contributed by atoms with Gasteiger partial charge in [0, 0.05) is 18.8 Å². The first-order chi connectivity index (χ1) is 12.0. The molecule has 3 rings (SSSR count). The Hall–Kier alpha value is -2.87. The molecule has 0 radical (unpaired) electrons. The van der Waals surface area contributed by atoms with Crippen LogP contribution in [0.3, 0.4) is 0 Å². The Morgan fingerprint density at radius 2 is 1.96 bits per heavy atom. The van der Waals surface area contributed by atoms with Gasteiger partial charge in [0.15, 0.2) is 0 Å². The average molecular weight is 360 g/mol. The maximum Gasteiger partial charge on any atom is 0.229 e. The highest BCUT2D eigenvalue weighted by Crippen LogP contribution is 2.37. The molecular weight excluding hydrogens is 342 g/mol. The number of hydrogen-bond donors (Lipinski definition) is 2. The molecule has 0 aliphatic heterocycles. The second kappa shape index (κ2) is 6.94. The topological polar surface area (TPSA) is 89.8 Å². The first-order valence-electron chi connectivity index (χ1n) is 7.58. The summed E-state index contributed by atoms with van der Waals surface area (Å²) in [7, 11) is 3.38. The molecule has 0 aliphatic carbocycles. The molecule has 0 amide bonds. The van der Waals surface area contributed by atoms with Gasteiger partial charge in [-0.2, -0.15) is 4.98 Å². The van der Waals surface area contributed by atoms with E-state index in [0.717, 1.165) is 11.4 Å². The third-order valence-corrected chi connectivity index (χ3v) is 3.88. The van der Waals surface area contributed by atoms with Crippen LogP contribution in [0.2, 0.25) is 5.02 Å². The number of nitrogens with zero attached hydrogens (tertiary/aromatic N) is 5. The molecule has 0 saturated heterocycles. The lowest BCUT2D eigenvalue weighted by molar-refractivity contribution is 0.411. The molecule has 2 aromatic heterocycles. The van der Waals surface area contributed by atoms with Gasteiger partial charge in [-0.25, -0.2) is 9.67 Å². The summed E-state index contributed by atoms with van der Waals surface area (Å²) in [5.41, 5.74) is 2.84. The zero-order valence-electron chi connectivity index (χ0n) is 14.3. The number of ether oxygens (including phenoxy) is 1. The number of nitrogens with one attached hydrogen (secondary N) is 2. The van der Waals surface area contributed by atoms with E-state index < -0.39 is 0 Å². The SMILES string of the molecule is CNc1cc(C)nc(Nc2ccc(OC)c(-n3cc(C)nn3)c2Cl)n1. The Morgan fingerprint density at radius 3 is 2.60 bits per heavy atom. The summed E-state index contributed by atoms with van der Waals surface area (Å²) >= 11 is 6.60. The molecule has 1 aromatic carbocycles. The van der Waals surface area contributed by atoms with Gasteiger partial charge in [-0.15, -0.1) is 5.10 Å². The van der Waals surface area contributed by atoms with E-state index in [1.807, 2.05) is 19.9 Å². The molecule has 0 bridgehead atoms. The molecule has 0 atom stereocenters. The van der Waals surface area contributed by atoms with E-state index in [0.29, 0.717) is 33.9 Å². The fraction of sp³-hybridized carbons (Fsp3) is 0.250. The van der Waals surface area contributed by atoms with Crippen LogP contribution in [0.1, 0.15) is 11.4 Å². The van der Waals surface area contributed by atoms with E-state index in [1.165, 1.54) is 0 Å². The lowest BCUT2D eigenvalue weighted by Crippen LogP contribution is -2.05. The van der Waals surface area contributed by atoms with E-state index in [4.69, 9.17) is 16.3 Å². The Bertz CT molecular complexity index is 909. The number of hydrogen-bond acceptors (Lipinski definition) is 7. The van der Waals surface area contributed by atoms with Crippen molar-refractivity contribution in [2.45, 2.75) is 13.8 Å². The van der Waals surface area contributed by atoms with Crippen molar-refractivity contribution in [2.24, 2.45) is 0 Å². The summed E-state index contributed by atoms with van der Waals surface area (Å²) in [6.07, 6.45) is 1.77. The number of aryl methyl sites for hydroxylation is 2. The van der Waals surface area contributed by atoms with Crippen molar-refractivity contribution in [3.8, 4) is 11.4 Å². The van der Waals surface area contributed by atoms with Crippen molar-refractivity contribution in [1.82, 2.24) is 25.0 Å². The number of aromatic nitrogens is 5. The van der Waals surface area contributed by atoms with Crippen molar-refractivity contribution < 1.29 is 4.74 Å². The van der Waals surface area contributed by atoms with E-state index >= 15 is 0 Å². The Balaban J connectivity index is 2.05. The zero-order chi connectivity index (χ0) is 18.0. The average Bonchev–Trinajstić information content (AvgIpc) is 3.01. The third-order valence-electron chi connectivity index (χ3n) is 3.49. The molecule has 0 spiro atoms. The van der Waals surface area contributed by atoms with Gasteiger partial charge in [0.1, 0.15) is 17.3 Å². The minimum atomic E-state index is 0.431. The second-order valence-electron chi connectivity index (χ2n) is 5.38. The molecule has 0 unspecified atom stereocenters. The summed E-state index contributed by atoms with van der Waals surface area (Å²) in [5, 5.41) is 14.7. The summed E-state index contributed by atoms with van der Waals surface area (Å²) in [6.45, 7) is 3.75. The van der Waals surface area contributed by atoms with Gasteiger partial charge in [-0.3, -0.25) is 0 Å². The molecule has 25 heavy (non-hydrogen) atoms. The standard InChI is InChI=1S/C16H18ClN7O/c1-9-7-13(18-3)21-16(19-9)20-11-5-6-12(25-4)15(14(11)17)24-8-10(2)22-23-24/h5-8H,1-4H3,(H2,18,19,20,21). The third kappa shape index (κ3) is 3.48.